The van der Waals surface area contributed by atoms with Gasteiger partial charge >= 0.3 is 0 Å². The van der Waals surface area contributed by atoms with E-state index in [2.05, 4.69) is 15.5 Å². The Morgan fingerprint density at radius 1 is 1.03 bits per heavy atom. The maximum atomic E-state index is 14.0. The van der Waals surface area contributed by atoms with Crippen molar-refractivity contribution >= 4 is 17.5 Å². The summed E-state index contributed by atoms with van der Waals surface area (Å²) in [6.07, 6.45) is 0. The zero-order valence-electron chi connectivity index (χ0n) is 17.6. The lowest BCUT2D eigenvalue weighted by molar-refractivity contribution is 0.0383. The summed E-state index contributed by atoms with van der Waals surface area (Å²) < 4.78 is 29.9. The minimum absolute atomic E-state index is 0.129. The summed E-state index contributed by atoms with van der Waals surface area (Å²) in [6, 6.07) is 8.59. The highest BCUT2D eigenvalue weighted by molar-refractivity contribution is 6.09. The molecule has 166 valence electrons. The van der Waals surface area contributed by atoms with Crippen molar-refractivity contribution in [3.8, 4) is 11.5 Å². The maximum Gasteiger partial charge on any atom is 0.258 e. The van der Waals surface area contributed by atoms with E-state index < -0.39 is 17.6 Å². The molecule has 0 spiro atoms. The van der Waals surface area contributed by atoms with E-state index >= 15 is 0 Å². The van der Waals surface area contributed by atoms with E-state index in [0.717, 1.165) is 13.1 Å². The summed E-state index contributed by atoms with van der Waals surface area (Å²) in [5.74, 6) is -1.05. The normalized spacial score (nSPS) is 14.0. The fourth-order valence-corrected chi connectivity index (χ4v) is 3.25. The quantitative estimate of drug-likeness (QED) is 0.666. The van der Waals surface area contributed by atoms with E-state index in [0.29, 0.717) is 37.8 Å². The minimum Gasteiger partial charge on any atom is -0.493 e. The number of nitrogens with one attached hydrogen (secondary N) is 2. The van der Waals surface area contributed by atoms with Gasteiger partial charge in [0.2, 0.25) is 0 Å². The largest absolute Gasteiger partial charge is 0.493 e. The lowest BCUT2D eigenvalue weighted by Crippen LogP contribution is -2.41. The van der Waals surface area contributed by atoms with Crippen LogP contribution in [0.15, 0.2) is 36.4 Å². The van der Waals surface area contributed by atoms with Crippen molar-refractivity contribution in [1.82, 2.24) is 10.2 Å². The Bertz CT molecular complexity index is 931. The highest BCUT2D eigenvalue weighted by Crippen LogP contribution is 2.33. The van der Waals surface area contributed by atoms with Crippen molar-refractivity contribution in [3.63, 3.8) is 0 Å². The number of hydrogen-bond acceptors (Lipinski definition) is 6. The zero-order valence-corrected chi connectivity index (χ0v) is 17.6. The molecular weight excluding hydrogens is 405 g/mol. The second-order valence-corrected chi connectivity index (χ2v) is 6.90. The van der Waals surface area contributed by atoms with Crippen LogP contribution in [0.3, 0.4) is 0 Å². The van der Waals surface area contributed by atoms with Crippen LogP contribution in [0, 0.1) is 5.82 Å². The minimum atomic E-state index is -0.673. The third-order valence-corrected chi connectivity index (χ3v) is 4.95. The first-order valence-corrected chi connectivity index (χ1v) is 9.93. The maximum absolute atomic E-state index is 14.0. The van der Waals surface area contributed by atoms with E-state index in [1.165, 1.54) is 44.6 Å². The number of ether oxygens (including phenoxy) is 3. The van der Waals surface area contributed by atoms with Gasteiger partial charge in [0.1, 0.15) is 5.82 Å². The SMILES string of the molecule is COc1cc(NC(=O)c2ccccc2F)c(C(=O)NCCN2CCOCC2)cc1OC. The molecule has 2 amide bonds. The number of hydrogen-bond donors (Lipinski definition) is 2. The van der Waals surface area contributed by atoms with Gasteiger partial charge in [-0.15, -0.1) is 0 Å². The first-order chi connectivity index (χ1) is 15.0. The fourth-order valence-electron chi connectivity index (χ4n) is 3.25. The molecule has 0 atom stereocenters. The first-order valence-electron chi connectivity index (χ1n) is 9.93. The van der Waals surface area contributed by atoms with Gasteiger partial charge in [-0.2, -0.15) is 0 Å². The van der Waals surface area contributed by atoms with E-state index in [1.54, 1.807) is 6.07 Å². The first kappa shape index (κ1) is 22.5. The van der Waals surface area contributed by atoms with Gasteiger partial charge in [0.05, 0.1) is 44.2 Å². The Morgan fingerprint density at radius 2 is 1.71 bits per heavy atom. The Labute approximate surface area is 180 Å². The highest BCUT2D eigenvalue weighted by Gasteiger charge is 2.20. The standard InChI is InChI=1S/C22H26FN3O5/c1-29-19-13-16(21(27)24-7-8-26-9-11-31-12-10-26)18(14-20(19)30-2)25-22(28)15-5-3-4-6-17(15)23/h3-6,13-14H,7-12H2,1-2H3,(H,24,27)(H,25,28). The van der Waals surface area contributed by atoms with Gasteiger partial charge in [-0.25, -0.2) is 4.39 Å². The number of methoxy groups -OCH3 is 2. The van der Waals surface area contributed by atoms with Crippen LogP contribution < -0.4 is 20.1 Å². The second-order valence-electron chi connectivity index (χ2n) is 6.90. The smallest absolute Gasteiger partial charge is 0.258 e. The van der Waals surface area contributed by atoms with Crippen molar-refractivity contribution in [2.75, 3.05) is 58.9 Å². The van der Waals surface area contributed by atoms with Gasteiger partial charge in [0.25, 0.3) is 11.8 Å². The van der Waals surface area contributed by atoms with Crippen LogP contribution in [0.4, 0.5) is 10.1 Å². The van der Waals surface area contributed by atoms with Crippen molar-refractivity contribution in [2.45, 2.75) is 0 Å². The van der Waals surface area contributed by atoms with Gasteiger partial charge < -0.3 is 24.8 Å². The third kappa shape index (κ3) is 5.71. The molecule has 1 aliphatic heterocycles. The van der Waals surface area contributed by atoms with E-state index in [-0.39, 0.29) is 16.8 Å². The molecular formula is C22H26FN3O5. The Kier molecular flexibility index (Phi) is 7.80. The number of benzene rings is 2. The lowest BCUT2D eigenvalue weighted by Gasteiger charge is -2.26. The van der Waals surface area contributed by atoms with Crippen LogP contribution in [0.2, 0.25) is 0 Å². The van der Waals surface area contributed by atoms with Crippen molar-refractivity contribution < 1.29 is 28.2 Å². The van der Waals surface area contributed by atoms with Crippen LogP contribution >= 0.6 is 0 Å². The second kappa shape index (κ2) is 10.7. The molecule has 8 nitrogen and oxygen atoms in total. The molecule has 2 N–H and O–H groups in total. The van der Waals surface area contributed by atoms with E-state index in [4.69, 9.17) is 14.2 Å². The zero-order chi connectivity index (χ0) is 22.2. The summed E-state index contributed by atoms with van der Waals surface area (Å²) in [5, 5.41) is 5.47. The Balaban J connectivity index is 1.79. The van der Waals surface area contributed by atoms with Gasteiger partial charge in [0, 0.05) is 32.2 Å². The van der Waals surface area contributed by atoms with Crippen LogP contribution in [-0.2, 0) is 4.74 Å². The highest BCUT2D eigenvalue weighted by atomic mass is 19.1. The number of amides is 2. The summed E-state index contributed by atoms with van der Waals surface area (Å²) in [6.45, 7) is 4.09. The molecule has 3 rings (SSSR count). The van der Waals surface area contributed by atoms with Crippen LogP contribution in [0.1, 0.15) is 20.7 Å². The molecule has 1 aliphatic rings. The van der Waals surface area contributed by atoms with Crippen molar-refractivity contribution in [3.05, 3.63) is 53.3 Å². The Hall–Kier alpha value is -3.17. The lowest BCUT2D eigenvalue weighted by atomic mass is 10.1. The Morgan fingerprint density at radius 3 is 2.39 bits per heavy atom. The van der Waals surface area contributed by atoms with Gasteiger partial charge in [0.15, 0.2) is 11.5 Å². The summed E-state index contributed by atoms with van der Waals surface area (Å²) >= 11 is 0. The molecule has 1 heterocycles. The molecule has 0 bridgehead atoms. The monoisotopic (exact) mass is 431 g/mol. The van der Waals surface area contributed by atoms with E-state index in [1.807, 2.05) is 0 Å². The van der Waals surface area contributed by atoms with Crippen LogP contribution in [-0.4, -0.2) is 70.3 Å². The molecule has 0 unspecified atom stereocenters. The molecule has 1 fully saturated rings. The number of nitrogens with zero attached hydrogens (tertiary/aromatic N) is 1. The molecule has 0 radical (unpaired) electrons. The van der Waals surface area contributed by atoms with Crippen molar-refractivity contribution in [1.29, 1.82) is 0 Å². The average molecular weight is 431 g/mol. The molecule has 0 saturated carbocycles. The molecule has 2 aromatic rings. The fraction of sp³-hybridized carbons (Fsp3) is 0.364. The molecule has 2 aromatic carbocycles. The third-order valence-electron chi connectivity index (χ3n) is 4.95. The summed E-state index contributed by atoms with van der Waals surface area (Å²) in [5.41, 5.74) is 0.245. The topological polar surface area (TPSA) is 89.1 Å². The number of carbonyl (C=O) groups excluding carboxylic acids is 2. The van der Waals surface area contributed by atoms with E-state index in [9.17, 15) is 14.0 Å². The predicted molar refractivity (Wildman–Crippen MR) is 113 cm³/mol. The molecule has 0 aromatic heterocycles. The molecule has 1 saturated heterocycles. The molecule has 31 heavy (non-hydrogen) atoms. The van der Waals surface area contributed by atoms with Gasteiger partial charge in [-0.3, -0.25) is 14.5 Å². The summed E-state index contributed by atoms with van der Waals surface area (Å²) in [4.78, 5) is 27.7. The van der Waals surface area contributed by atoms with Gasteiger partial charge in [-0.05, 0) is 18.2 Å². The predicted octanol–water partition coefficient (Wildman–Crippen LogP) is 2.16. The number of anilines is 1. The number of morpholine rings is 1. The number of halogens is 1. The number of rotatable bonds is 8. The summed E-state index contributed by atoms with van der Waals surface area (Å²) in [7, 11) is 2.90. The van der Waals surface area contributed by atoms with Crippen LogP contribution in [0.25, 0.3) is 0 Å². The average Bonchev–Trinajstić information content (AvgIpc) is 2.79. The molecule has 0 aliphatic carbocycles. The van der Waals surface area contributed by atoms with Crippen LogP contribution in [0.5, 0.6) is 11.5 Å². The van der Waals surface area contributed by atoms with Gasteiger partial charge in [-0.1, -0.05) is 12.1 Å². The number of carbonyl (C=O) groups is 2. The van der Waals surface area contributed by atoms with Crippen molar-refractivity contribution in [2.24, 2.45) is 0 Å². The molecule has 9 heteroatoms.